The molecule has 0 amide bonds. The van der Waals surface area contributed by atoms with Crippen molar-refractivity contribution in [2.75, 3.05) is 0 Å². The van der Waals surface area contributed by atoms with E-state index in [1.165, 1.54) is 3.69 Å². The molecule has 0 nitrogen and oxygen atoms in total. The van der Waals surface area contributed by atoms with Crippen LogP contribution in [0.15, 0.2) is 24.3 Å². The molecule has 0 fully saturated rings. The van der Waals surface area contributed by atoms with Gasteiger partial charge >= 0.3 is 18.2 Å². The lowest BCUT2D eigenvalue weighted by Gasteiger charge is -1.96. The van der Waals surface area contributed by atoms with Crippen molar-refractivity contribution >= 4 is 34.8 Å². The van der Waals surface area contributed by atoms with Crippen LogP contribution in [0.3, 0.4) is 0 Å². The van der Waals surface area contributed by atoms with Gasteiger partial charge in [-0.2, -0.15) is 3.69 Å². The van der Waals surface area contributed by atoms with Gasteiger partial charge in [0.05, 0.1) is 0 Å². The highest BCUT2D eigenvalue weighted by Gasteiger charge is 1.95. The van der Waals surface area contributed by atoms with E-state index >= 15 is 0 Å². The van der Waals surface area contributed by atoms with Crippen LogP contribution in [0.2, 0.25) is 0 Å². The standard InChI is InChI=1S/C7H6F.BrH.Mg/c8-6-7-4-2-1-3-5-7;;/h1-2,4-5H,6H2;1H;/q;;+1/p-1. The highest BCUT2D eigenvalue weighted by molar-refractivity contribution is 9.23. The molecule has 0 aliphatic heterocycles. The lowest BCUT2D eigenvalue weighted by molar-refractivity contribution is 0.485. The summed E-state index contributed by atoms with van der Waals surface area (Å²) >= 11 is 3.14. The van der Waals surface area contributed by atoms with Crippen LogP contribution in [-0.4, -0.2) is 18.2 Å². The Morgan fingerprint density at radius 1 is 1.50 bits per heavy atom. The van der Waals surface area contributed by atoms with Gasteiger partial charge in [0.2, 0.25) is 0 Å². The fourth-order valence-electron chi connectivity index (χ4n) is 0.796. The number of hydrogen-bond donors (Lipinski definition) is 0. The van der Waals surface area contributed by atoms with Crippen molar-refractivity contribution in [3.8, 4) is 0 Å². The summed E-state index contributed by atoms with van der Waals surface area (Å²) in [7, 11) is 0. The Hall–Kier alpha value is 0.396. The normalized spacial score (nSPS) is 9.00. The first-order valence-electron chi connectivity index (χ1n) is 3.06. The fraction of sp³-hybridized carbons (Fsp3) is 0.143. The zero-order valence-corrected chi connectivity index (χ0v) is 8.48. The van der Waals surface area contributed by atoms with Crippen LogP contribution in [0.25, 0.3) is 0 Å². The number of halogens is 2. The van der Waals surface area contributed by atoms with E-state index in [4.69, 9.17) is 0 Å². The molecule has 0 aliphatic carbocycles. The summed E-state index contributed by atoms with van der Waals surface area (Å²) in [6, 6.07) is 7.65. The van der Waals surface area contributed by atoms with Crippen LogP contribution < -0.4 is 3.69 Å². The van der Waals surface area contributed by atoms with Crippen LogP contribution in [0.1, 0.15) is 5.56 Å². The van der Waals surface area contributed by atoms with Gasteiger partial charge in [-0.3, -0.25) is 12.9 Å². The Kier molecular flexibility index (Phi) is 3.66. The fourth-order valence-corrected chi connectivity index (χ4v) is 2.41. The Balaban J connectivity index is 2.87. The van der Waals surface area contributed by atoms with Gasteiger partial charge in [-0.05, 0) is 5.56 Å². The molecule has 0 atom stereocenters. The largest absolute Gasteiger partial charge is 0.506 e. The van der Waals surface area contributed by atoms with Gasteiger partial charge in [0.25, 0.3) is 0 Å². The molecule has 3 heteroatoms. The first kappa shape index (κ1) is 8.49. The molecule has 0 radical (unpaired) electrons. The number of benzene rings is 1. The van der Waals surface area contributed by atoms with Crippen molar-refractivity contribution in [1.29, 1.82) is 0 Å². The third-order valence-corrected chi connectivity index (χ3v) is 3.99. The maximum atomic E-state index is 12.0. The van der Waals surface area contributed by atoms with Crippen molar-refractivity contribution in [2.45, 2.75) is 6.67 Å². The molecule has 1 aromatic carbocycles. The quantitative estimate of drug-likeness (QED) is 0.657. The summed E-state index contributed by atoms with van der Waals surface area (Å²) in [4.78, 5) is 0. The second kappa shape index (κ2) is 4.31. The van der Waals surface area contributed by atoms with E-state index in [1.807, 2.05) is 18.2 Å². The molecule has 0 N–H and O–H groups in total. The second-order valence-electron chi connectivity index (χ2n) is 2.09. The second-order valence-corrected chi connectivity index (χ2v) is 4.85. The van der Waals surface area contributed by atoms with Crippen molar-refractivity contribution < 1.29 is 4.39 Å². The van der Waals surface area contributed by atoms with E-state index in [-0.39, 0.29) is 24.9 Å². The van der Waals surface area contributed by atoms with Gasteiger partial charge < -0.3 is 0 Å². The van der Waals surface area contributed by atoms with Gasteiger partial charge in [-0.1, -0.05) is 24.3 Å². The molecule has 50 valence electrons. The van der Waals surface area contributed by atoms with Gasteiger partial charge in [-0.25, -0.2) is 4.39 Å². The molecular formula is C7H6BrFMg. The molecule has 0 aromatic heterocycles. The number of rotatable bonds is 2. The molecule has 1 aromatic rings. The van der Waals surface area contributed by atoms with Crippen LogP contribution >= 0.6 is 12.9 Å². The maximum Gasteiger partial charge on any atom is 0.506 e. The van der Waals surface area contributed by atoms with Crippen LogP contribution in [0, 0.1) is 0 Å². The van der Waals surface area contributed by atoms with Crippen LogP contribution in [0.5, 0.6) is 0 Å². The Labute approximate surface area is 75.4 Å². The molecule has 0 aliphatic rings. The monoisotopic (exact) mass is 212 g/mol. The minimum Gasteiger partial charge on any atom is -0.296 e. The van der Waals surface area contributed by atoms with Crippen molar-refractivity contribution in [2.24, 2.45) is 0 Å². The van der Waals surface area contributed by atoms with Gasteiger partial charge in [-0.15, -0.1) is 0 Å². The van der Waals surface area contributed by atoms with E-state index < -0.39 is 0 Å². The van der Waals surface area contributed by atoms with Crippen LogP contribution in [-0.2, 0) is 6.67 Å². The molecule has 0 saturated carbocycles. The van der Waals surface area contributed by atoms with E-state index in [0.29, 0.717) is 0 Å². The summed E-state index contributed by atoms with van der Waals surface area (Å²) in [6.07, 6.45) is 0. The average molecular weight is 213 g/mol. The molecule has 10 heavy (non-hydrogen) atoms. The first-order chi connectivity index (χ1) is 4.86. The van der Waals surface area contributed by atoms with E-state index in [9.17, 15) is 4.39 Å². The highest BCUT2D eigenvalue weighted by atomic mass is 79.9. The summed E-state index contributed by atoms with van der Waals surface area (Å²) < 4.78 is 13.3. The smallest absolute Gasteiger partial charge is 0.296 e. The van der Waals surface area contributed by atoms with E-state index in [2.05, 4.69) is 12.9 Å². The molecule has 0 spiro atoms. The van der Waals surface area contributed by atoms with Gasteiger partial charge in [0.15, 0.2) is 0 Å². The molecule has 0 unspecified atom stereocenters. The summed E-state index contributed by atoms with van der Waals surface area (Å²) in [5.74, 6) is 0. The zero-order valence-electron chi connectivity index (χ0n) is 5.48. The SMILES string of the molecule is FCc1ccc[c]([Mg][Br])c1. The van der Waals surface area contributed by atoms with Gasteiger partial charge in [0.1, 0.15) is 6.67 Å². The zero-order chi connectivity index (χ0) is 7.40. The van der Waals surface area contributed by atoms with E-state index in [0.717, 1.165) is 5.56 Å². The topological polar surface area (TPSA) is 0 Å². The van der Waals surface area contributed by atoms with Crippen LogP contribution in [0.4, 0.5) is 4.39 Å². The molecular weight excluding hydrogens is 207 g/mol. The first-order valence-corrected chi connectivity index (χ1v) is 7.67. The van der Waals surface area contributed by atoms with Crippen molar-refractivity contribution in [3.63, 3.8) is 0 Å². The van der Waals surface area contributed by atoms with Gasteiger partial charge in [0, 0.05) is 0 Å². The average Bonchev–Trinajstić information content (AvgIpc) is 2.05. The Bertz CT molecular complexity index is 195. The molecule has 0 heterocycles. The summed E-state index contributed by atoms with van der Waals surface area (Å²) in [6.45, 7) is -0.352. The van der Waals surface area contributed by atoms with Crippen molar-refractivity contribution in [1.82, 2.24) is 0 Å². The third-order valence-electron chi connectivity index (χ3n) is 1.30. The summed E-state index contributed by atoms with van der Waals surface area (Å²) in [5.41, 5.74) is 0.782. The third kappa shape index (κ3) is 2.22. The van der Waals surface area contributed by atoms with E-state index in [1.54, 1.807) is 6.07 Å². The predicted octanol–water partition coefficient (Wildman–Crippen LogP) is 1.80. The number of alkyl halides is 1. The predicted molar refractivity (Wildman–Crippen MR) is 45.6 cm³/mol. The summed E-state index contributed by atoms with van der Waals surface area (Å²) in [5, 5.41) is 0. The number of hydrogen-bond acceptors (Lipinski definition) is 0. The van der Waals surface area contributed by atoms with Crippen molar-refractivity contribution in [3.05, 3.63) is 29.8 Å². The Morgan fingerprint density at radius 3 is 2.90 bits per heavy atom. The molecule has 1 rings (SSSR count). The lowest BCUT2D eigenvalue weighted by atomic mass is 10.2. The maximum absolute atomic E-state index is 12.0. The Morgan fingerprint density at radius 2 is 2.30 bits per heavy atom. The lowest BCUT2D eigenvalue weighted by Crippen LogP contribution is -2.07. The minimum absolute atomic E-state index is 0.294. The molecule has 0 saturated heterocycles. The molecule has 0 bridgehead atoms. The highest BCUT2D eigenvalue weighted by Crippen LogP contribution is 1.98. The minimum atomic E-state index is -0.352.